The van der Waals surface area contributed by atoms with Crippen molar-refractivity contribution in [1.82, 2.24) is 9.88 Å². The summed E-state index contributed by atoms with van der Waals surface area (Å²) in [4.78, 5) is 9.10. The van der Waals surface area contributed by atoms with Gasteiger partial charge in [-0.05, 0) is 25.1 Å². The maximum atomic E-state index is 6.18. The minimum atomic E-state index is 0.260. The van der Waals surface area contributed by atoms with E-state index in [-0.39, 0.29) is 6.17 Å². The Hall–Kier alpha value is -3.01. The summed E-state index contributed by atoms with van der Waals surface area (Å²) in [5.41, 5.74) is 3.62. The Bertz CT molecular complexity index is 1110. The van der Waals surface area contributed by atoms with Gasteiger partial charge in [-0.3, -0.25) is 0 Å². The summed E-state index contributed by atoms with van der Waals surface area (Å²) in [5.74, 6) is 0. The van der Waals surface area contributed by atoms with Crippen LogP contribution in [0.25, 0.3) is 33.0 Å². The molecule has 0 saturated heterocycles. The Morgan fingerprint density at radius 2 is 1.88 bits per heavy atom. The lowest BCUT2D eigenvalue weighted by Gasteiger charge is -2.26. The lowest BCUT2D eigenvalue weighted by atomic mass is 10.1. The second kappa shape index (κ2) is 4.74. The second-order valence-corrected chi connectivity index (χ2v) is 6.29. The highest BCUT2D eigenvalue weighted by Crippen LogP contribution is 2.37. The van der Waals surface area contributed by atoms with Crippen LogP contribution in [0.2, 0.25) is 0 Å². The third kappa shape index (κ3) is 1.77. The van der Waals surface area contributed by atoms with E-state index in [2.05, 4.69) is 66.5 Å². The number of anilines is 1. The van der Waals surface area contributed by atoms with E-state index < -0.39 is 0 Å². The van der Waals surface area contributed by atoms with Gasteiger partial charge >= 0.3 is 0 Å². The summed E-state index contributed by atoms with van der Waals surface area (Å²) >= 11 is 0. The van der Waals surface area contributed by atoms with Crippen LogP contribution in [0, 0.1) is 0 Å². The summed E-state index contributed by atoms with van der Waals surface area (Å²) in [7, 11) is 2.08. The van der Waals surface area contributed by atoms with Gasteiger partial charge in [0, 0.05) is 35.6 Å². The van der Waals surface area contributed by atoms with Crippen LogP contribution in [-0.2, 0) is 0 Å². The molecular weight excluding hydrogens is 298 g/mol. The molecule has 0 spiro atoms. The third-order valence-corrected chi connectivity index (χ3v) is 4.90. The highest BCUT2D eigenvalue weighted by Gasteiger charge is 2.23. The highest BCUT2D eigenvalue weighted by molar-refractivity contribution is 6.10. The van der Waals surface area contributed by atoms with E-state index in [1.54, 1.807) is 0 Å². The van der Waals surface area contributed by atoms with Crippen LogP contribution in [0.5, 0.6) is 0 Å². The van der Waals surface area contributed by atoms with Crippen LogP contribution in [0.15, 0.2) is 65.3 Å². The molecule has 0 saturated carbocycles. The molecule has 5 rings (SSSR count). The minimum absolute atomic E-state index is 0.260. The molecule has 2 aromatic carbocycles. The third-order valence-electron chi connectivity index (χ3n) is 4.90. The molecule has 118 valence electrons. The lowest BCUT2D eigenvalue weighted by Crippen LogP contribution is -2.33. The van der Waals surface area contributed by atoms with E-state index in [0.717, 1.165) is 32.9 Å². The molecule has 0 amide bonds. The molecule has 0 fully saturated rings. The molecule has 0 radical (unpaired) electrons. The molecule has 0 N–H and O–H groups in total. The van der Waals surface area contributed by atoms with Crippen molar-refractivity contribution in [3.8, 4) is 0 Å². The average Bonchev–Trinajstić information content (AvgIpc) is 3.13. The van der Waals surface area contributed by atoms with E-state index in [1.807, 2.05) is 18.2 Å². The molecule has 24 heavy (non-hydrogen) atoms. The zero-order valence-corrected chi connectivity index (χ0v) is 13.6. The van der Waals surface area contributed by atoms with E-state index in [0.29, 0.717) is 5.71 Å². The monoisotopic (exact) mass is 315 g/mol. The number of pyridine rings is 1. The first-order chi connectivity index (χ1) is 11.7. The van der Waals surface area contributed by atoms with Gasteiger partial charge in [-0.2, -0.15) is 0 Å². The topological polar surface area (TPSA) is 32.5 Å². The fraction of sp³-hybridized carbons (Fsp3) is 0.150. The Morgan fingerprint density at radius 1 is 1.00 bits per heavy atom. The van der Waals surface area contributed by atoms with Crippen molar-refractivity contribution in [3.05, 3.63) is 60.9 Å². The van der Waals surface area contributed by atoms with Gasteiger partial charge in [0.1, 0.15) is 6.17 Å². The molecule has 4 heteroatoms. The molecule has 3 heterocycles. The maximum absolute atomic E-state index is 6.18. The molecule has 1 aliphatic rings. The van der Waals surface area contributed by atoms with Crippen molar-refractivity contribution < 1.29 is 4.42 Å². The Morgan fingerprint density at radius 3 is 2.71 bits per heavy atom. The molecule has 0 bridgehead atoms. The van der Waals surface area contributed by atoms with Crippen LogP contribution >= 0.6 is 0 Å². The zero-order valence-electron chi connectivity index (χ0n) is 13.6. The SMILES string of the molecule is C[C@H]1N(C)C=CN1c1cccc2c1oc1nc3ccccc3cc12. The van der Waals surface area contributed by atoms with E-state index in [1.165, 1.54) is 0 Å². The predicted molar refractivity (Wildman–Crippen MR) is 97.9 cm³/mol. The summed E-state index contributed by atoms with van der Waals surface area (Å²) in [6, 6.07) is 16.6. The summed E-state index contributed by atoms with van der Waals surface area (Å²) in [6.45, 7) is 2.17. The Labute approximate surface area is 139 Å². The van der Waals surface area contributed by atoms with E-state index in [4.69, 9.17) is 9.40 Å². The van der Waals surface area contributed by atoms with Gasteiger partial charge < -0.3 is 14.2 Å². The first-order valence-corrected chi connectivity index (χ1v) is 8.12. The van der Waals surface area contributed by atoms with E-state index in [9.17, 15) is 0 Å². The number of hydrogen-bond donors (Lipinski definition) is 0. The number of aromatic nitrogens is 1. The normalized spacial score (nSPS) is 17.7. The molecular formula is C20H17N3O. The molecule has 4 aromatic rings. The van der Waals surface area contributed by atoms with Crippen LogP contribution in [0.1, 0.15) is 6.92 Å². The fourth-order valence-corrected chi connectivity index (χ4v) is 3.42. The predicted octanol–water partition coefficient (Wildman–Crippen LogP) is 4.70. The number of furan rings is 1. The first-order valence-electron chi connectivity index (χ1n) is 8.12. The fourth-order valence-electron chi connectivity index (χ4n) is 3.42. The molecule has 0 unspecified atom stereocenters. The second-order valence-electron chi connectivity index (χ2n) is 6.29. The van der Waals surface area contributed by atoms with Crippen LogP contribution in [-0.4, -0.2) is 23.1 Å². The van der Waals surface area contributed by atoms with Crippen molar-refractivity contribution in [2.75, 3.05) is 11.9 Å². The number of nitrogens with zero attached hydrogens (tertiary/aromatic N) is 3. The summed E-state index contributed by atoms with van der Waals surface area (Å²) in [5, 5.41) is 3.30. The maximum Gasteiger partial charge on any atom is 0.228 e. The lowest BCUT2D eigenvalue weighted by molar-refractivity contribution is 0.383. The van der Waals surface area contributed by atoms with E-state index >= 15 is 0 Å². The Balaban J connectivity index is 1.81. The van der Waals surface area contributed by atoms with Gasteiger partial charge in [-0.1, -0.05) is 30.3 Å². The van der Waals surface area contributed by atoms with Crippen LogP contribution < -0.4 is 4.90 Å². The Kier molecular flexibility index (Phi) is 2.65. The van der Waals surface area contributed by atoms with Gasteiger partial charge in [0.05, 0.1) is 11.2 Å². The number of para-hydroxylation sites is 2. The number of benzene rings is 2. The number of fused-ring (bicyclic) bond motifs is 4. The smallest absolute Gasteiger partial charge is 0.228 e. The van der Waals surface area contributed by atoms with Crippen molar-refractivity contribution in [1.29, 1.82) is 0 Å². The molecule has 1 atom stereocenters. The average molecular weight is 315 g/mol. The van der Waals surface area contributed by atoms with Crippen molar-refractivity contribution in [3.63, 3.8) is 0 Å². The van der Waals surface area contributed by atoms with Gasteiger partial charge in [-0.15, -0.1) is 0 Å². The molecule has 2 aromatic heterocycles. The first kappa shape index (κ1) is 13.4. The van der Waals surface area contributed by atoms with Gasteiger partial charge in [-0.25, -0.2) is 4.98 Å². The largest absolute Gasteiger partial charge is 0.435 e. The van der Waals surface area contributed by atoms with Crippen molar-refractivity contribution in [2.24, 2.45) is 0 Å². The van der Waals surface area contributed by atoms with Crippen molar-refractivity contribution in [2.45, 2.75) is 13.1 Å². The zero-order chi connectivity index (χ0) is 16.3. The van der Waals surface area contributed by atoms with Gasteiger partial charge in [0.15, 0.2) is 5.58 Å². The number of hydrogen-bond acceptors (Lipinski definition) is 4. The summed E-state index contributed by atoms with van der Waals surface area (Å²) in [6.07, 6.45) is 4.44. The number of rotatable bonds is 1. The van der Waals surface area contributed by atoms with Gasteiger partial charge in [0.25, 0.3) is 0 Å². The molecule has 4 nitrogen and oxygen atoms in total. The van der Waals surface area contributed by atoms with Crippen LogP contribution in [0.4, 0.5) is 5.69 Å². The van der Waals surface area contributed by atoms with Crippen LogP contribution in [0.3, 0.4) is 0 Å². The quantitative estimate of drug-likeness (QED) is 0.509. The standard InChI is InChI=1S/C20H17N3O/c1-13-22(2)10-11-23(13)18-9-5-7-15-16-12-14-6-3-4-8-17(14)21-20(16)24-19(15)18/h3-13H,1-2H3/t13-/m0/s1. The van der Waals surface area contributed by atoms with Crippen molar-refractivity contribution >= 4 is 38.7 Å². The summed E-state index contributed by atoms with van der Waals surface area (Å²) < 4.78 is 6.18. The highest BCUT2D eigenvalue weighted by atomic mass is 16.3. The molecule has 0 aliphatic carbocycles. The van der Waals surface area contributed by atoms with Gasteiger partial charge in [0.2, 0.25) is 5.71 Å². The minimum Gasteiger partial charge on any atom is -0.435 e. The molecule has 1 aliphatic heterocycles.